The van der Waals surface area contributed by atoms with Gasteiger partial charge in [-0.3, -0.25) is 15.0 Å². The Balaban J connectivity index is 0.000000184. The average molecular weight is 1150 g/mol. The minimum absolute atomic E-state index is 0.0426. The molecule has 1 aliphatic rings. The SMILES string of the molecule is CCc1cc(-c2noc(C3CC3C)n2)cnc1-c1nc2cc(C)cnc2n1C.CCc1cc(/C(N)=N/O)cnc1-c1nc2cc(C)cnc2n1C.CCc1cc(C#N)cnc1-c1nc2cc(C)cnc2n1C.O=S=O.O=S=O.O=S=O. The minimum Gasteiger partial charge on any atom is -0.409 e. The molecule has 1 fully saturated rings. The summed E-state index contributed by atoms with van der Waals surface area (Å²) >= 11 is -2.25. The fraction of sp³-hybridized carbons (Fsp3) is 0.302. The highest BCUT2D eigenvalue weighted by Crippen LogP contribution is 2.46. The van der Waals surface area contributed by atoms with Crippen LogP contribution in [0.1, 0.15) is 90.4 Å². The molecule has 28 heteroatoms. The standard InChI is InChI=1S/C21H22N6O.C16H18N6O.C16H15N5.3O2S/c1-5-13-8-14(18-25-21(28-26-18)15-7-12(15)3)10-22-17(13)20-24-16-6-11(2)9-23-19(16)27(20)4;1-4-10-6-11(14(17)21-23)8-18-13(10)16-20-12-5-9(2)7-19-15(12)22(16)3;1-4-12-6-11(7-17)9-18-14(12)16-20-13-5-10(2)8-19-15(13)21(16)3;3*1-3-2/h6,8-10,12,15H,5,7H2,1-4H3;5-8,23H,4H2,1-3H3,(H2,17,21);5-6,8-9H,4H2,1-3H3;;;. The Hall–Kier alpha value is -9.33. The second-order valence-corrected chi connectivity index (χ2v) is 18.8. The van der Waals surface area contributed by atoms with Crippen molar-refractivity contribution in [3.63, 3.8) is 0 Å². The molecule has 0 spiro atoms. The summed E-state index contributed by atoms with van der Waals surface area (Å²) in [4.78, 5) is 45.7. The first-order valence-electron chi connectivity index (χ1n) is 24.8. The maximum atomic E-state index is 9.00. The van der Waals surface area contributed by atoms with Crippen molar-refractivity contribution in [1.29, 1.82) is 5.26 Å². The summed E-state index contributed by atoms with van der Waals surface area (Å²) in [6.07, 6.45) is 14.0. The number of pyridine rings is 6. The predicted molar refractivity (Wildman–Crippen MR) is 301 cm³/mol. The van der Waals surface area contributed by atoms with Crippen molar-refractivity contribution in [3.05, 3.63) is 124 Å². The van der Waals surface area contributed by atoms with E-state index in [1.165, 1.54) is 0 Å². The molecule has 1 aliphatic carbocycles. The summed E-state index contributed by atoms with van der Waals surface area (Å²) in [5.41, 5.74) is 21.5. The van der Waals surface area contributed by atoms with Crippen LogP contribution in [0, 0.1) is 38.0 Å². The van der Waals surface area contributed by atoms with Gasteiger partial charge in [0, 0.05) is 75.4 Å². The number of amidine groups is 1. The van der Waals surface area contributed by atoms with Gasteiger partial charge in [0.1, 0.15) is 39.7 Å². The Morgan fingerprint density at radius 2 is 1.02 bits per heavy atom. The lowest BCUT2D eigenvalue weighted by molar-refractivity contribution is 0.318. The molecule has 0 amide bonds. The van der Waals surface area contributed by atoms with Crippen LogP contribution in [0.3, 0.4) is 0 Å². The predicted octanol–water partition coefficient (Wildman–Crippen LogP) is 6.83. The van der Waals surface area contributed by atoms with Crippen LogP contribution in [-0.4, -0.2) is 105 Å². The maximum absolute atomic E-state index is 9.00. The van der Waals surface area contributed by atoms with Gasteiger partial charge < -0.3 is 29.2 Å². The van der Waals surface area contributed by atoms with E-state index >= 15 is 0 Å². The highest BCUT2D eigenvalue weighted by molar-refractivity contribution is 7.52. The van der Waals surface area contributed by atoms with Crippen LogP contribution >= 0.6 is 0 Å². The maximum Gasteiger partial charge on any atom is 0.335 e. The second-order valence-electron chi connectivity index (χ2n) is 18.4. The lowest BCUT2D eigenvalue weighted by atomic mass is 10.1. The lowest BCUT2D eigenvalue weighted by Gasteiger charge is -2.09. The van der Waals surface area contributed by atoms with Crippen molar-refractivity contribution in [2.75, 3.05) is 0 Å². The third kappa shape index (κ3) is 14.1. The van der Waals surface area contributed by atoms with E-state index in [0.29, 0.717) is 28.8 Å². The van der Waals surface area contributed by atoms with Gasteiger partial charge in [0.05, 0.1) is 5.56 Å². The van der Waals surface area contributed by atoms with Crippen molar-refractivity contribution in [3.8, 4) is 52.0 Å². The first-order valence-corrected chi connectivity index (χ1v) is 26.8. The van der Waals surface area contributed by atoms with Crippen LogP contribution < -0.4 is 5.73 Å². The smallest absolute Gasteiger partial charge is 0.335 e. The van der Waals surface area contributed by atoms with Gasteiger partial charge in [0.15, 0.2) is 40.3 Å². The van der Waals surface area contributed by atoms with Crippen LogP contribution in [0.5, 0.6) is 0 Å². The Morgan fingerprint density at radius 3 is 1.42 bits per heavy atom. The highest BCUT2D eigenvalue weighted by atomic mass is 32.1. The number of hydrogen-bond donors (Lipinski definition) is 2. The van der Waals surface area contributed by atoms with Gasteiger partial charge in [0.25, 0.3) is 0 Å². The van der Waals surface area contributed by atoms with Crippen LogP contribution in [-0.2, 0) is 75.1 Å². The van der Waals surface area contributed by atoms with Gasteiger partial charge in [0.2, 0.25) is 11.7 Å². The van der Waals surface area contributed by atoms with E-state index in [-0.39, 0.29) is 5.84 Å². The van der Waals surface area contributed by atoms with Crippen molar-refractivity contribution < 1.29 is 35.0 Å². The van der Waals surface area contributed by atoms with Crippen molar-refractivity contribution in [2.24, 2.45) is 38.0 Å². The zero-order valence-electron chi connectivity index (χ0n) is 45.7. The van der Waals surface area contributed by atoms with Gasteiger partial charge in [-0.1, -0.05) is 38.0 Å². The van der Waals surface area contributed by atoms with Crippen molar-refractivity contribution >= 4 is 74.0 Å². The van der Waals surface area contributed by atoms with E-state index in [2.05, 4.69) is 76.2 Å². The number of oxime groups is 1. The third-order valence-electron chi connectivity index (χ3n) is 12.9. The summed E-state index contributed by atoms with van der Waals surface area (Å²) in [5.74, 6) is 4.78. The first kappa shape index (κ1) is 60.9. The molecule has 1 saturated carbocycles. The summed E-state index contributed by atoms with van der Waals surface area (Å²) in [6, 6.07) is 14.0. The van der Waals surface area contributed by atoms with Gasteiger partial charge in [-0.05, 0) is 122 Å². The Bertz CT molecular complexity index is 4070. The number of imidazole rings is 3. The molecular formula is C53H55N17O8S3. The lowest BCUT2D eigenvalue weighted by Crippen LogP contribution is -2.14. The largest absolute Gasteiger partial charge is 0.409 e. The molecule has 0 aliphatic heterocycles. The molecule has 2 atom stereocenters. The van der Waals surface area contributed by atoms with Gasteiger partial charge >= 0.3 is 34.7 Å². The molecule has 10 aromatic heterocycles. The molecule has 25 nitrogen and oxygen atoms in total. The van der Waals surface area contributed by atoms with Crippen LogP contribution in [0.25, 0.3) is 79.4 Å². The van der Waals surface area contributed by atoms with Gasteiger partial charge in [-0.25, -0.2) is 29.9 Å². The molecule has 418 valence electrons. The summed E-state index contributed by atoms with van der Waals surface area (Å²) in [7, 11) is 5.84. The molecule has 10 aromatic rings. The molecular weight excluding hydrogens is 1100 g/mol. The highest BCUT2D eigenvalue weighted by Gasteiger charge is 2.39. The second kappa shape index (κ2) is 28.0. The van der Waals surface area contributed by atoms with Crippen molar-refractivity contribution in [2.45, 2.75) is 80.1 Å². The quantitative estimate of drug-likeness (QED) is 0.0646. The normalized spacial score (nSPS) is 13.1. The third-order valence-corrected chi connectivity index (χ3v) is 12.9. The van der Waals surface area contributed by atoms with Crippen LogP contribution in [0.15, 0.2) is 83.3 Å². The Kier molecular flexibility index (Phi) is 21.1. The molecule has 10 heterocycles. The van der Waals surface area contributed by atoms with E-state index in [1.807, 2.05) is 118 Å². The fourth-order valence-corrected chi connectivity index (χ4v) is 8.66. The van der Waals surface area contributed by atoms with E-state index in [4.69, 9.17) is 55.9 Å². The topological polar surface area (TPSA) is 355 Å². The number of aromatic nitrogens is 14. The molecule has 0 saturated heterocycles. The molecule has 2 unspecified atom stereocenters. The number of nitrogens with two attached hydrogens (primary N) is 1. The number of aryl methyl sites for hydroxylation is 9. The molecule has 11 rings (SSSR count). The number of fused-ring (bicyclic) bond motifs is 3. The van der Waals surface area contributed by atoms with E-state index < -0.39 is 34.7 Å². The summed E-state index contributed by atoms with van der Waals surface area (Å²) < 4.78 is 61.1. The molecule has 0 bridgehead atoms. The zero-order chi connectivity index (χ0) is 59.1. The Labute approximate surface area is 474 Å². The average Bonchev–Trinajstić information content (AvgIpc) is 3.96. The van der Waals surface area contributed by atoms with E-state index in [9.17, 15) is 0 Å². The molecule has 3 N–H and O–H groups in total. The zero-order valence-corrected chi connectivity index (χ0v) is 48.1. The van der Waals surface area contributed by atoms with E-state index in [1.54, 1.807) is 18.6 Å². The van der Waals surface area contributed by atoms with Gasteiger partial charge in [-0.2, -0.15) is 35.5 Å². The fourth-order valence-electron chi connectivity index (χ4n) is 8.66. The monoisotopic (exact) mass is 1150 g/mol. The number of nitriles is 1. The first-order chi connectivity index (χ1) is 39.0. The number of hydrogen-bond acceptors (Lipinski definition) is 21. The van der Waals surface area contributed by atoms with E-state index in [0.717, 1.165) is 139 Å². The van der Waals surface area contributed by atoms with Gasteiger partial charge in [-0.15, -0.1) is 0 Å². The minimum atomic E-state index is -0.750. The molecule has 81 heavy (non-hydrogen) atoms. The summed E-state index contributed by atoms with van der Waals surface area (Å²) in [6.45, 7) is 14.4. The number of nitrogens with zero attached hydrogens (tertiary/aromatic N) is 16. The number of rotatable bonds is 9. The summed E-state index contributed by atoms with van der Waals surface area (Å²) in [5, 5.41) is 25.0. The molecule has 0 aromatic carbocycles. The van der Waals surface area contributed by atoms with Crippen LogP contribution in [0.4, 0.5) is 0 Å². The Morgan fingerprint density at radius 1 is 0.630 bits per heavy atom. The molecule has 0 radical (unpaired) electrons. The van der Waals surface area contributed by atoms with Crippen LogP contribution in [0.2, 0.25) is 0 Å². The van der Waals surface area contributed by atoms with Crippen molar-refractivity contribution in [1.82, 2.24) is 68.7 Å².